The molecule has 0 aliphatic heterocycles. The Balaban J connectivity index is 1.96. The molecule has 12 heavy (non-hydrogen) atoms. The van der Waals surface area contributed by atoms with Gasteiger partial charge >= 0.3 is 0 Å². The van der Waals surface area contributed by atoms with Gasteiger partial charge in [0, 0.05) is 5.38 Å². The second-order valence-electron chi connectivity index (χ2n) is 3.84. The second-order valence-corrected chi connectivity index (χ2v) is 4.56. The SMILES string of the molecule is OC1(c2cscn2)C2CCCC21. The van der Waals surface area contributed by atoms with Crippen LogP contribution in [-0.2, 0) is 5.60 Å². The quantitative estimate of drug-likeness (QED) is 0.716. The van der Waals surface area contributed by atoms with Crippen molar-refractivity contribution in [2.75, 3.05) is 0 Å². The molecule has 0 amide bonds. The van der Waals surface area contributed by atoms with Gasteiger partial charge in [-0.25, -0.2) is 4.98 Å². The lowest BCUT2D eigenvalue weighted by atomic mass is 10.1. The summed E-state index contributed by atoms with van der Waals surface area (Å²) in [6.45, 7) is 0. The molecule has 1 aromatic rings. The number of aliphatic hydroxyl groups is 1. The minimum absolute atomic E-state index is 0.516. The summed E-state index contributed by atoms with van der Waals surface area (Å²) in [5.74, 6) is 1.05. The van der Waals surface area contributed by atoms with Crippen LogP contribution in [0.4, 0.5) is 0 Å². The molecule has 2 atom stereocenters. The maximum Gasteiger partial charge on any atom is 0.114 e. The van der Waals surface area contributed by atoms with Crippen LogP contribution in [0.1, 0.15) is 25.0 Å². The molecular weight excluding hydrogens is 170 g/mol. The fourth-order valence-corrected chi connectivity index (χ4v) is 3.33. The van der Waals surface area contributed by atoms with Crippen molar-refractivity contribution in [3.8, 4) is 0 Å². The van der Waals surface area contributed by atoms with Crippen LogP contribution < -0.4 is 0 Å². The lowest BCUT2D eigenvalue weighted by Crippen LogP contribution is -2.13. The third kappa shape index (κ3) is 0.666. The van der Waals surface area contributed by atoms with E-state index in [1.807, 2.05) is 5.38 Å². The highest BCUT2D eigenvalue weighted by molar-refractivity contribution is 7.07. The number of thiazole rings is 1. The fraction of sp³-hybridized carbons (Fsp3) is 0.667. The first-order chi connectivity index (χ1) is 5.83. The highest BCUT2D eigenvalue weighted by Crippen LogP contribution is 2.65. The van der Waals surface area contributed by atoms with Gasteiger partial charge < -0.3 is 5.11 Å². The molecule has 2 saturated carbocycles. The lowest BCUT2D eigenvalue weighted by molar-refractivity contribution is 0.101. The molecule has 1 N–H and O–H groups in total. The highest BCUT2D eigenvalue weighted by atomic mass is 32.1. The van der Waals surface area contributed by atoms with E-state index in [2.05, 4.69) is 4.98 Å². The van der Waals surface area contributed by atoms with Crippen molar-refractivity contribution >= 4 is 11.3 Å². The van der Waals surface area contributed by atoms with Crippen molar-refractivity contribution in [3.05, 3.63) is 16.6 Å². The zero-order valence-electron chi connectivity index (χ0n) is 6.73. The van der Waals surface area contributed by atoms with Crippen molar-refractivity contribution < 1.29 is 5.11 Å². The third-order valence-electron chi connectivity index (χ3n) is 3.38. The molecule has 0 saturated heterocycles. The van der Waals surface area contributed by atoms with Crippen LogP contribution in [0.2, 0.25) is 0 Å². The Bertz CT molecular complexity index is 285. The van der Waals surface area contributed by atoms with E-state index in [1.165, 1.54) is 19.3 Å². The van der Waals surface area contributed by atoms with Crippen molar-refractivity contribution in [1.82, 2.24) is 4.98 Å². The van der Waals surface area contributed by atoms with Crippen LogP contribution in [-0.4, -0.2) is 10.1 Å². The molecule has 2 fully saturated rings. The summed E-state index contributed by atoms with van der Waals surface area (Å²) in [4.78, 5) is 4.20. The smallest absolute Gasteiger partial charge is 0.114 e. The van der Waals surface area contributed by atoms with Crippen LogP contribution in [0.5, 0.6) is 0 Å². The van der Waals surface area contributed by atoms with E-state index in [0.717, 1.165) is 5.69 Å². The molecule has 0 aromatic carbocycles. The van der Waals surface area contributed by atoms with Gasteiger partial charge in [-0.3, -0.25) is 0 Å². The minimum atomic E-state index is -0.516. The molecule has 3 heteroatoms. The first kappa shape index (κ1) is 7.04. The van der Waals surface area contributed by atoms with Gasteiger partial charge in [-0.05, 0) is 24.7 Å². The molecule has 0 radical (unpaired) electrons. The van der Waals surface area contributed by atoms with E-state index in [0.29, 0.717) is 11.8 Å². The molecule has 0 spiro atoms. The van der Waals surface area contributed by atoms with Gasteiger partial charge in [-0.1, -0.05) is 6.42 Å². The number of hydrogen-bond donors (Lipinski definition) is 1. The van der Waals surface area contributed by atoms with Crippen molar-refractivity contribution in [2.24, 2.45) is 11.8 Å². The summed E-state index contributed by atoms with van der Waals surface area (Å²) < 4.78 is 0. The molecule has 1 heterocycles. The summed E-state index contributed by atoms with van der Waals surface area (Å²) >= 11 is 1.57. The Morgan fingerprint density at radius 2 is 2.25 bits per heavy atom. The van der Waals surface area contributed by atoms with Crippen molar-refractivity contribution in [3.63, 3.8) is 0 Å². The van der Waals surface area contributed by atoms with E-state index in [-0.39, 0.29) is 0 Å². The molecule has 0 bridgehead atoms. The maximum atomic E-state index is 10.2. The summed E-state index contributed by atoms with van der Waals surface area (Å²) in [6, 6.07) is 0. The Morgan fingerprint density at radius 3 is 2.83 bits per heavy atom. The Kier molecular flexibility index (Phi) is 1.23. The minimum Gasteiger partial charge on any atom is -0.383 e. The first-order valence-corrected chi connectivity index (χ1v) is 5.39. The standard InChI is InChI=1S/C9H11NOS/c11-9(8-4-12-5-10-8)6-2-1-3-7(6)9/h4-7,11H,1-3H2. The van der Waals surface area contributed by atoms with Gasteiger partial charge in [0.15, 0.2) is 0 Å². The second kappa shape index (κ2) is 2.09. The first-order valence-electron chi connectivity index (χ1n) is 4.44. The van der Waals surface area contributed by atoms with Gasteiger partial charge in [0.2, 0.25) is 0 Å². The number of aromatic nitrogens is 1. The predicted octanol–water partition coefficient (Wildman–Crippen LogP) is 1.76. The maximum absolute atomic E-state index is 10.2. The van der Waals surface area contributed by atoms with Crippen molar-refractivity contribution in [1.29, 1.82) is 0 Å². The predicted molar refractivity (Wildman–Crippen MR) is 46.8 cm³/mol. The topological polar surface area (TPSA) is 33.1 Å². The number of fused-ring (bicyclic) bond motifs is 1. The Hall–Kier alpha value is -0.410. The molecule has 1 aromatic heterocycles. The van der Waals surface area contributed by atoms with E-state index in [4.69, 9.17) is 0 Å². The van der Waals surface area contributed by atoms with E-state index < -0.39 is 5.60 Å². The molecule has 64 valence electrons. The van der Waals surface area contributed by atoms with Crippen molar-refractivity contribution in [2.45, 2.75) is 24.9 Å². The highest BCUT2D eigenvalue weighted by Gasteiger charge is 2.67. The summed E-state index contributed by atoms with van der Waals surface area (Å²) in [5.41, 5.74) is 2.21. The lowest BCUT2D eigenvalue weighted by Gasteiger charge is -2.10. The molecule has 2 aliphatic rings. The van der Waals surface area contributed by atoms with Crippen LogP contribution in [0.15, 0.2) is 10.9 Å². The zero-order valence-corrected chi connectivity index (χ0v) is 7.55. The van der Waals surface area contributed by atoms with Crippen LogP contribution in [0.3, 0.4) is 0 Å². The van der Waals surface area contributed by atoms with Crippen LogP contribution >= 0.6 is 11.3 Å². The number of nitrogens with zero attached hydrogens (tertiary/aromatic N) is 1. The van der Waals surface area contributed by atoms with E-state index in [9.17, 15) is 5.11 Å². The normalized spacial score (nSPS) is 44.4. The van der Waals surface area contributed by atoms with Gasteiger partial charge in [-0.15, -0.1) is 11.3 Å². The van der Waals surface area contributed by atoms with E-state index >= 15 is 0 Å². The monoisotopic (exact) mass is 181 g/mol. The molecule has 3 rings (SSSR count). The molecule has 2 unspecified atom stereocenters. The number of rotatable bonds is 1. The number of hydrogen-bond acceptors (Lipinski definition) is 3. The van der Waals surface area contributed by atoms with E-state index in [1.54, 1.807) is 16.8 Å². The summed E-state index contributed by atoms with van der Waals surface area (Å²) in [7, 11) is 0. The van der Waals surface area contributed by atoms with Gasteiger partial charge in [0.1, 0.15) is 5.60 Å². The van der Waals surface area contributed by atoms with Crippen LogP contribution in [0.25, 0.3) is 0 Å². The fourth-order valence-electron chi connectivity index (χ4n) is 2.71. The summed E-state index contributed by atoms with van der Waals surface area (Å²) in [5, 5.41) is 12.2. The zero-order chi connectivity index (χ0) is 8.18. The average molecular weight is 181 g/mol. The molecule has 2 nitrogen and oxygen atoms in total. The largest absolute Gasteiger partial charge is 0.383 e. The Morgan fingerprint density at radius 1 is 1.50 bits per heavy atom. The average Bonchev–Trinajstić information content (AvgIpc) is 2.62. The molecule has 2 aliphatic carbocycles. The third-order valence-corrected chi connectivity index (χ3v) is 3.97. The Labute approximate surface area is 75.3 Å². The van der Waals surface area contributed by atoms with Gasteiger partial charge in [0.05, 0.1) is 11.2 Å². The van der Waals surface area contributed by atoms with Gasteiger partial charge in [0.25, 0.3) is 0 Å². The van der Waals surface area contributed by atoms with Gasteiger partial charge in [-0.2, -0.15) is 0 Å². The molecular formula is C9H11NOS. The summed E-state index contributed by atoms with van der Waals surface area (Å²) in [6.07, 6.45) is 3.68. The van der Waals surface area contributed by atoms with Crippen LogP contribution in [0, 0.1) is 11.8 Å².